The molecule has 4 rings (SSSR count). The van der Waals surface area contributed by atoms with Crippen LogP contribution in [0.1, 0.15) is 11.1 Å². The van der Waals surface area contributed by atoms with E-state index in [2.05, 4.69) is 53.6 Å². The van der Waals surface area contributed by atoms with Gasteiger partial charge < -0.3 is 14.6 Å². The van der Waals surface area contributed by atoms with Gasteiger partial charge in [0.05, 0.1) is 0 Å². The molecule has 3 aromatic rings. The summed E-state index contributed by atoms with van der Waals surface area (Å²) in [5.41, 5.74) is 5.53. The first-order valence-corrected chi connectivity index (χ1v) is 6.97. The number of aromatic hydroxyl groups is 1. The number of hydrogen-bond acceptors (Lipinski definition) is 2. The summed E-state index contributed by atoms with van der Waals surface area (Å²) in [7, 11) is 2.05. The molecule has 0 amide bonds. The molecule has 0 aliphatic carbocycles. The van der Waals surface area contributed by atoms with Crippen LogP contribution in [-0.2, 0) is 13.6 Å². The summed E-state index contributed by atoms with van der Waals surface area (Å²) in [6.07, 6.45) is 2.07. The number of nitrogens with zero attached hydrogens (tertiary/aromatic N) is 2. The van der Waals surface area contributed by atoms with Crippen LogP contribution in [-0.4, -0.2) is 9.67 Å². The number of phenols is 1. The predicted octanol–water partition coefficient (Wildman–Crippen LogP) is 3.87. The van der Waals surface area contributed by atoms with E-state index >= 15 is 0 Å². The highest BCUT2D eigenvalue weighted by Gasteiger charge is 2.24. The molecule has 1 aliphatic rings. The first kappa shape index (κ1) is 12.1. The summed E-state index contributed by atoms with van der Waals surface area (Å²) in [6, 6.07) is 14.1. The normalized spacial score (nSPS) is 14.0. The lowest BCUT2D eigenvalue weighted by Crippen LogP contribution is -2.12. The Kier molecular flexibility index (Phi) is 2.39. The zero-order valence-electron chi connectivity index (χ0n) is 11.9. The fourth-order valence-corrected chi connectivity index (χ4v) is 3.07. The van der Waals surface area contributed by atoms with Crippen molar-refractivity contribution in [3.63, 3.8) is 0 Å². The molecular weight excluding hydrogens is 260 g/mol. The molecule has 2 heterocycles. The van der Waals surface area contributed by atoms with Crippen molar-refractivity contribution in [3.05, 3.63) is 66.4 Å². The van der Waals surface area contributed by atoms with E-state index in [1.807, 2.05) is 6.07 Å². The van der Waals surface area contributed by atoms with Gasteiger partial charge in [0.15, 0.2) is 0 Å². The maximum Gasteiger partial charge on any atom is 0.116 e. The van der Waals surface area contributed by atoms with Gasteiger partial charge in [0.1, 0.15) is 5.75 Å². The molecular formula is C18H16N2O. The van der Waals surface area contributed by atoms with Crippen LogP contribution in [0.2, 0.25) is 0 Å². The third kappa shape index (κ3) is 1.74. The van der Waals surface area contributed by atoms with Crippen molar-refractivity contribution in [3.8, 4) is 5.75 Å². The minimum Gasteiger partial charge on any atom is -0.508 e. The number of aromatic nitrogens is 1. The van der Waals surface area contributed by atoms with Crippen molar-refractivity contribution in [1.82, 2.24) is 4.57 Å². The van der Waals surface area contributed by atoms with Crippen LogP contribution in [0.15, 0.2) is 55.2 Å². The summed E-state index contributed by atoms with van der Waals surface area (Å²) < 4.78 is 2.12. The van der Waals surface area contributed by atoms with Crippen molar-refractivity contribution < 1.29 is 5.11 Å². The van der Waals surface area contributed by atoms with E-state index in [0.29, 0.717) is 0 Å². The van der Waals surface area contributed by atoms with E-state index in [0.717, 1.165) is 23.5 Å². The van der Waals surface area contributed by atoms with Gasteiger partial charge in [-0.15, -0.1) is 0 Å². The van der Waals surface area contributed by atoms with Crippen molar-refractivity contribution in [2.75, 3.05) is 4.90 Å². The second-order valence-electron chi connectivity index (χ2n) is 5.54. The third-order valence-corrected chi connectivity index (χ3v) is 4.24. The number of aryl methyl sites for hydroxylation is 1. The molecule has 0 saturated heterocycles. The Labute approximate surface area is 123 Å². The molecule has 3 nitrogen and oxygen atoms in total. The van der Waals surface area contributed by atoms with Gasteiger partial charge >= 0.3 is 0 Å². The highest BCUT2D eigenvalue weighted by Crippen LogP contribution is 2.38. The first-order valence-electron chi connectivity index (χ1n) is 6.97. The Hall–Kier alpha value is -2.68. The summed E-state index contributed by atoms with van der Waals surface area (Å²) in [5.74, 6) is 0.287. The lowest BCUT2D eigenvalue weighted by Gasteiger charge is -2.19. The second kappa shape index (κ2) is 4.16. The van der Waals surface area contributed by atoms with Crippen LogP contribution in [0.25, 0.3) is 16.6 Å². The summed E-state index contributed by atoms with van der Waals surface area (Å²) in [6.45, 7) is 4.99. The molecule has 0 spiro atoms. The quantitative estimate of drug-likeness (QED) is 0.730. The maximum atomic E-state index is 9.65. The average molecular weight is 276 g/mol. The summed E-state index contributed by atoms with van der Waals surface area (Å²) in [4.78, 5) is 2.19. The number of hydrogen-bond donors (Lipinski definition) is 1. The standard InChI is InChI=1S/C18H16N2O/c1-12-17-10-16(21)5-3-14(17)11-20(12)15-4-6-18-13(9-15)7-8-19(18)2/h3-10,21H,1,11H2,2H3. The zero-order valence-corrected chi connectivity index (χ0v) is 11.9. The van der Waals surface area contributed by atoms with Gasteiger partial charge in [0.2, 0.25) is 0 Å². The zero-order chi connectivity index (χ0) is 14.6. The van der Waals surface area contributed by atoms with E-state index < -0.39 is 0 Å². The maximum absolute atomic E-state index is 9.65. The molecule has 0 unspecified atom stereocenters. The minimum atomic E-state index is 0.287. The highest BCUT2D eigenvalue weighted by molar-refractivity contribution is 5.89. The lowest BCUT2D eigenvalue weighted by molar-refractivity contribution is 0.475. The van der Waals surface area contributed by atoms with E-state index in [1.54, 1.807) is 12.1 Å². The van der Waals surface area contributed by atoms with Crippen LogP contribution < -0.4 is 4.90 Å². The van der Waals surface area contributed by atoms with Crippen molar-refractivity contribution in [1.29, 1.82) is 0 Å². The molecule has 0 saturated carbocycles. The Morgan fingerprint density at radius 1 is 1.10 bits per heavy atom. The van der Waals surface area contributed by atoms with E-state index in [4.69, 9.17) is 0 Å². The molecule has 21 heavy (non-hydrogen) atoms. The van der Waals surface area contributed by atoms with Crippen molar-refractivity contribution in [2.45, 2.75) is 6.54 Å². The monoisotopic (exact) mass is 276 g/mol. The van der Waals surface area contributed by atoms with Crippen LogP contribution in [0, 0.1) is 0 Å². The third-order valence-electron chi connectivity index (χ3n) is 4.24. The molecule has 0 fully saturated rings. The summed E-state index contributed by atoms with van der Waals surface area (Å²) >= 11 is 0. The Morgan fingerprint density at radius 2 is 1.95 bits per heavy atom. The van der Waals surface area contributed by atoms with Crippen LogP contribution in [0.5, 0.6) is 5.75 Å². The number of fused-ring (bicyclic) bond motifs is 2. The molecule has 3 heteroatoms. The number of anilines is 1. The van der Waals surface area contributed by atoms with Crippen LogP contribution >= 0.6 is 0 Å². The lowest BCUT2D eigenvalue weighted by atomic mass is 10.1. The number of rotatable bonds is 1. The topological polar surface area (TPSA) is 28.4 Å². The van der Waals surface area contributed by atoms with Crippen molar-refractivity contribution >= 4 is 22.3 Å². The van der Waals surface area contributed by atoms with Gasteiger partial charge in [-0.3, -0.25) is 0 Å². The molecule has 2 aromatic carbocycles. The van der Waals surface area contributed by atoms with Gasteiger partial charge in [0, 0.05) is 47.6 Å². The van der Waals surface area contributed by atoms with E-state index in [1.165, 1.54) is 16.5 Å². The molecule has 1 N–H and O–H groups in total. The SMILES string of the molecule is C=C1c2cc(O)ccc2CN1c1ccc2c(ccn2C)c1. The van der Waals surface area contributed by atoms with Crippen LogP contribution in [0.3, 0.4) is 0 Å². The van der Waals surface area contributed by atoms with Gasteiger partial charge in [-0.2, -0.15) is 0 Å². The fraction of sp³-hybridized carbons (Fsp3) is 0.111. The van der Waals surface area contributed by atoms with Gasteiger partial charge in [-0.1, -0.05) is 12.6 Å². The number of phenolic OH excluding ortho intramolecular Hbond substituents is 1. The molecule has 1 aliphatic heterocycles. The molecule has 104 valence electrons. The molecule has 0 radical (unpaired) electrons. The summed E-state index contributed by atoms with van der Waals surface area (Å²) in [5, 5.41) is 10.9. The molecule has 1 aromatic heterocycles. The largest absolute Gasteiger partial charge is 0.508 e. The predicted molar refractivity (Wildman–Crippen MR) is 86.2 cm³/mol. The number of benzene rings is 2. The molecule has 0 bridgehead atoms. The highest BCUT2D eigenvalue weighted by atomic mass is 16.3. The van der Waals surface area contributed by atoms with E-state index in [-0.39, 0.29) is 5.75 Å². The molecule has 0 atom stereocenters. The Morgan fingerprint density at radius 3 is 2.81 bits per heavy atom. The van der Waals surface area contributed by atoms with Crippen LogP contribution in [0.4, 0.5) is 5.69 Å². The van der Waals surface area contributed by atoms with Gasteiger partial charge in [-0.25, -0.2) is 0 Å². The first-order chi connectivity index (χ1) is 10.1. The van der Waals surface area contributed by atoms with E-state index in [9.17, 15) is 5.11 Å². The Balaban J connectivity index is 1.78. The van der Waals surface area contributed by atoms with Crippen molar-refractivity contribution in [2.24, 2.45) is 7.05 Å². The second-order valence-corrected chi connectivity index (χ2v) is 5.54. The Bertz CT molecular complexity index is 876. The van der Waals surface area contributed by atoms with Gasteiger partial charge in [0.25, 0.3) is 0 Å². The minimum absolute atomic E-state index is 0.287. The smallest absolute Gasteiger partial charge is 0.116 e. The van der Waals surface area contributed by atoms with Gasteiger partial charge in [-0.05, 0) is 42.0 Å². The average Bonchev–Trinajstić information content (AvgIpc) is 3.01. The fourth-order valence-electron chi connectivity index (χ4n) is 3.07.